The molecule has 2 N–H and O–H groups in total. The average Bonchev–Trinajstić information content (AvgIpc) is 2.28. The van der Waals surface area contributed by atoms with Gasteiger partial charge in [-0.3, -0.25) is 0 Å². The average molecular weight is 343 g/mol. The molecule has 2 heterocycles. The van der Waals surface area contributed by atoms with Gasteiger partial charge in [-0.1, -0.05) is 36.6 Å². The van der Waals surface area contributed by atoms with Crippen LogP contribution in [0.5, 0.6) is 0 Å². The van der Waals surface area contributed by atoms with Gasteiger partial charge in [-0.05, 0) is 24.3 Å². The minimum atomic E-state index is 0. The number of nitrogens with zero attached hydrogens (tertiary/aromatic N) is 2. The summed E-state index contributed by atoms with van der Waals surface area (Å²) in [5.41, 5.74) is 0. The van der Waals surface area contributed by atoms with Gasteiger partial charge < -0.3 is 10.4 Å². The third-order valence-electron chi connectivity index (χ3n) is 1.61. The Morgan fingerprint density at radius 2 is 1.11 bits per heavy atom. The van der Waals surface area contributed by atoms with Crippen LogP contribution in [0.25, 0.3) is 0 Å². The number of hydrogen-bond donors (Lipinski definition) is 2. The van der Waals surface area contributed by atoms with Crippen LogP contribution >= 0.6 is 24.4 Å². The topological polar surface area (TPSA) is 50.3 Å². The first-order valence-corrected chi connectivity index (χ1v) is 5.17. The first kappa shape index (κ1) is 20.3. The molecule has 0 aliphatic carbocycles. The fourth-order valence-corrected chi connectivity index (χ4v) is 1.12. The van der Waals surface area contributed by atoms with E-state index in [0.29, 0.717) is 9.28 Å². The van der Waals surface area contributed by atoms with Gasteiger partial charge in [0.1, 0.15) is 9.28 Å². The second-order valence-corrected chi connectivity index (χ2v) is 3.60. The Labute approximate surface area is 150 Å². The summed E-state index contributed by atoms with van der Waals surface area (Å²) in [5.74, 6) is 0. The molecule has 0 bridgehead atoms. The molecule has 0 aromatic carbocycles. The maximum Gasteiger partial charge on any atom is 0.142 e. The van der Waals surface area contributed by atoms with Gasteiger partial charge >= 0.3 is 0 Å². The van der Waals surface area contributed by atoms with Gasteiger partial charge in [-0.15, -0.1) is 0 Å². The maximum atomic E-state index is 8.73. The largest absolute Gasteiger partial charge is 0.428 e. The normalized spacial score (nSPS) is 8.00. The summed E-state index contributed by atoms with van der Waals surface area (Å²) in [6, 6.07) is 10.3. The van der Waals surface area contributed by atoms with Gasteiger partial charge in [0.25, 0.3) is 0 Å². The molecule has 0 unspecified atom stereocenters. The molecule has 0 aliphatic heterocycles. The van der Waals surface area contributed by atoms with Crippen LogP contribution in [-0.2, 0) is 19.5 Å². The van der Waals surface area contributed by atoms with Crippen LogP contribution in [0.15, 0.2) is 48.8 Å². The summed E-state index contributed by atoms with van der Waals surface area (Å²) in [7, 11) is 0. The van der Waals surface area contributed by atoms with Crippen molar-refractivity contribution in [3.8, 4) is 0 Å². The minimum absolute atomic E-state index is 0. The van der Waals surface area contributed by atoms with Gasteiger partial charge in [-0.25, -0.2) is 0 Å². The molecule has 2 aromatic heterocycles. The first-order chi connectivity index (χ1) is 7.61. The van der Waals surface area contributed by atoms with Gasteiger partial charge in [0, 0.05) is 61.4 Å². The predicted octanol–water partition coefficient (Wildman–Crippen LogP) is 2.53. The van der Waals surface area contributed by atoms with Crippen molar-refractivity contribution in [1.82, 2.24) is 9.46 Å². The molecular weight excluding hydrogens is 333 g/mol. The third-order valence-corrected chi connectivity index (χ3v) is 2.25. The van der Waals surface area contributed by atoms with Crippen molar-refractivity contribution in [2.45, 2.75) is 0 Å². The molecule has 0 saturated carbocycles. The van der Waals surface area contributed by atoms with Crippen LogP contribution < -0.4 is 0 Å². The van der Waals surface area contributed by atoms with E-state index >= 15 is 0 Å². The van der Waals surface area contributed by atoms with E-state index in [1.54, 1.807) is 36.4 Å². The van der Waals surface area contributed by atoms with E-state index in [-0.39, 0.29) is 49.0 Å². The molecule has 87 valence electrons. The van der Waals surface area contributed by atoms with E-state index in [1.165, 1.54) is 12.4 Å². The van der Waals surface area contributed by atoms with Gasteiger partial charge in [0.05, 0.1) is 0 Å². The third kappa shape index (κ3) is 7.41. The molecule has 0 fully saturated rings. The van der Waals surface area contributed by atoms with Crippen molar-refractivity contribution in [3.63, 3.8) is 0 Å². The van der Waals surface area contributed by atoms with Crippen LogP contribution in [-0.4, -0.2) is 49.4 Å². The molecule has 18 heavy (non-hydrogen) atoms. The second kappa shape index (κ2) is 10.8. The molecule has 0 atom stereocenters. The van der Waals surface area contributed by atoms with Crippen LogP contribution in [0.1, 0.15) is 0 Å². The number of hydrogen-bond acceptors (Lipinski definition) is 4. The molecule has 1 radical (unpaired) electrons. The molecule has 0 amide bonds. The van der Waals surface area contributed by atoms with E-state index in [9.17, 15) is 0 Å². The quantitative estimate of drug-likeness (QED) is 0.439. The van der Waals surface area contributed by atoms with Crippen molar-refractivity contribution < 1.29 is 29.9 Å². The molecule has 4 nitrogen and oxygen atoms in total. The summed E-state index contributed by atoms with van der Waals surface area (Å²) in [4.78, 5) is 0. The number of pyridine rings is 2. The SMILES string of the molecule is On1ccccc1=S.On1ccccc1=S.[Na].[Zn]. The van der Waals surface area contributed by atoms with E-state index in [1.807, 2.05) is 0 Å². The minimum Gasteiger partial charge on any atom is -0.428 e. The predicted molar refractivity (Wildman–Crippen MR) is 70.7 cm³/mol. The second-order valence-electron chi connectivity index (χ2n) is 2.77. The smallest absolute Gasteiger partial charge is 0.142 e. The zero-order chi connectivity index (χ0) is 12.0. The van der Waals surface area contributed by atoms with Crippen LogP contribution in [0, 0.1) is 9.28 Å². The molecule has 0 aliphatic rings. The Bertz CT molecular complexity index is 522. The van der Waals surface area contributed by atoms with Gasteiger partial charge in [0.15, 0.2) is 0 Å². The zero-order valence-corrected chi connectivity index (χ0v) is 16.5. The molecule has 0 saturated heterocycles. The Morgan fingerprint density at radius 3 is 1.28 bits per heavy atom. The molecular formula is C10H10N2NaO2S2Zn. The van der Waals surface area contributed by atoms with Crippen LogP contribution in [0.3, 0.4) is 0 Å². The molecule has 2 rings (SSSR count). The van der Waals surface area contributed by atoms with E-state index < -0.39 is 0 Å². The standard InChI is InChI=1S/2C5H5NOS.Na.Zn/c2*7-6-4-2-1-3-5(6)8;;/h2*1-4,7H;;. The molecule has 8 heteroatoms. The Morgan fingerprint density at radius 1 is 0.778 bits per heavy atom. The monoisotopic (exact) mass is 341 g/mol. The van der Waals surface area contributed by atoms with Crippen LogP contribution in [0.2, 0.25) is 0 Å². The number of rotatable bonds is 0. The maximum absolute atomic E-state index is 8.73. The summed E-state index contributed by atoms with van der Waals surface area (Å²) in [6.07, 6.45) is 2.98. The summed E-state index contributed by atoms with van der Waals surface area (Å²) in [6.45, 7) is 0. The van der Waals surface area contributed by atoms with Gasteiger partial charge in [0.2, 0.25) is 0 Å². The summed E-state index contributed by atoms with van der Waals surface area (Å²) < 4.78 is 2.64. The summed E-state index contributed by atoms with van der Waals surface area (Å²) in [5, 5.41) is 17.5. The van der Waals surface area contributed by atoms with E-state index in [2.05, 4.69) is 24.4 Å². The molecule has 0 spiro atoms. The van der Waals surface area contributed by atoms with Crippen molar-refractivity contribution >= 4 is 54.0 Å². The Balaban J connectivity index is 0. The molecule has 2 aromatic rings. The Hall–Kier alpha value is -0.0366. The zero-order valence-electron chi connectivity index (χ0n) is 9.93. The van der Waals surface area contributed by atoms with Crippen molar-refractivity contribution in [2.75, 3.05) is 0 Å². The fraction of sp³-hybridized carbons (Fsp3) is 0. The summed E-state index contributed by atoms with van der Waals surface area (Å²) >= 11 is 9.33. The van der Waals surface area contributed by atoms with E-state index in [4.69, 9.17) is 10.4 Å². The van der Waals surface area contributed by atoms with Crippen molar-refractivity contribution in [2.24, 2.45) is 0 Å². The van der Waals surface area contributed by atoms with E-state index in [0.717, 1.165) is 9.46 Å². The fourth-order valence-electron chi connectivity index (χ4n) is 0.838. The first-order valence-electron chi connectivity index (χ1n) is 4.35. The van der Waals surface area contributed by atoms with Crippen molar-refractivity contribution in [1.29, 1.82) is 0 Å². The number of aromatic nitrogens is 2. The van der Waals surface area contributed by atoms with Crippen LogP contribution in [0.4, 0.5) is 0 Å². The van der Waals surface area contributed by atoms with Gasteiger partial charge in [-0.2, -0.15) is 9.46 Å². The van der Waals surface area contributed by atoms with Crippen molar-refractivity contribution in [3.05, 3.63) is 58.1 Å². The Kier molecular flexibility index (Phi) is 12.2.